The lowest BCUT2D eigenvalue weighted by Gasteiger charge is -2.12. The van der Waals surface area contributed by atoms with Crippen LogP contribution in [-0.2, 0) is 6.18 Å². The molecule has 0 fully saturated rings. The van der Waals surface area contributed by atoms with Gasteiger partial charge >= 0.3 is 6.18 Å². The van der Waals surface area contributed by atoms with Gasteiger partial charge in [0, 0.05) is 17.8 Å². The second-order valence-electron chi connectivity index (χ2n) is 7.05. The van der Waals surface area contributed by atoms with E-state index in [4.69, 9.17) is 39.4 Å². The van der Waals surface area contributed by atoms with Crippen LogP contribution in [0.4, 0.5) is 23.4 Å². The molecule has 0 spiro atoms. The Bertz CT molecular complexity index is 1460. The van der Waals surface area contributed by atoms with Crippen LogP contribution in [0.2, 0.25) is 10.0 Å². The summed E-state index contributed by atoms with van der Waals surface area (Å²) in [6, 6.07) is 10.1. The molecule has 4 N–H and O–H groups in total. The number of nitrogen functional groups attached to an aromatic ring is 1. The van der Waals surface area contributed by atoms with Crippen molar-refractivity contribution in [2.75, 3.05) is 5.73 Å². The number of ether oxygens (including phenoxy) is 1. The van der Waals surface area contributed by atoms with E-state index in [1.54, 1.807) is 0 Å². The monoisotopic (exact) mass is 525 g/mol. The number of anilines is 1. The Morgan fingerprint density at radius 2 is 1.77 bits per heavy atom. The van der Waals surface area contributed by atoms with Crippen LogP contribution in [0.3, 0.4) is 0 Å². The molecule has 0 saturated carbocycles. The first-order valence-electron chi connectivity index (χ1n) is 9.61. The molecule has 180 valence electrons. The van der Waals surface area contributed by atoms with E-state index in [-0.39, 0.29) is 38.6 Å². The number of carbonyl (C=O) groups excluding carboxylic acids is 1. The Morgan fingerprint density at radius 1 is 1.06 bits per heavy atom. The minimum atomic E-state index is -5.05. The van der Waals surface area contributed by atoms with Crippen molar-refractivity contribution >= 4 is 34.9 Å². The van der Waals surface area contributed by atoms with Crippen molar-refractivity contribution in [2.24, 2.45) is 5.73 Å². The molecule has 13 heteroatoms. The molecule has 2 aromatic heterocycles. The van der Waals surface area contributed by atoms with Crippen molar-refractivity contribution in [1.29, 1.82) is 0 Å². The van der Waals surface area contributed by atoms with Gasteiger partial charge in [-0.25, -0.2) is 14.1 Å². The number of aromatic nitrogens is 3. The minimum absolute atomic E-state index is 0.00555. The van der Waals surface area contributed by atoms with Gasteiger partial charge in [0.2, 0.25) is 0 Å². The lowest BCUT2D eigenvalue weighted by atomic mass is 10.0. The molecule has 35 heavy (non-hydrogen) atoms. The van der Waals surface area contributed by atoms with Crippen molar-refractivity contribution in [2.45, 2.75) is 6.18 Å². The van der Waals surface area contributed by atoms with Crippen molar-refractivity contribution in [3.8, 4) is 28.4 Å². The van der Waals surface area contributed by atoms with Crippen LogP contribution < -0.4 is 16.2 Å². The fraction of sp³-hybridized carbons (Fsp3) is 0.0455. The highest BCUT2D eigenvalue weighted by Gasteiger charge is 2.42. The van der Waals surface area contributed by atoms with E-state index in [0.717, 1.165) is 12.1 Å². The first-order valence-corrected chi connectivity index (χ1v) is 10.4. The number of primary amides is 1. The lowest BCUT2D eigenvalue weighted by Crippen LogP contribution is -2.21. The Morgan fingerprint density at radius 3 is 2.40 bits per heavy atom. The summed E-state index contributed by atoms with van der Waals surface area (Å²) in [6.07, 6.45) is -3.75. The van der Waals surface area contributed by atoms with Crippen LogP contribution >= 0.6 is 23.2 Å². The summed E-state index contributed by atoms with van der Waals surface area (Å²) in [6.45, 7) is 0. The Kier molecular flexibility index (Phi) is 6.30. The van der Waals surface area contributed by atoms with E-state index in [1.807, 2.05) is 0 Å². The van der Waals surface area contributed by atoms with Crippen LogP contribution in [0.5, 0.6) is 11.5 Å². The number of halogens is 6. The van der Waals surface area contributed by atoms with Gasteiger partial charge in [0.05, 0.1) is 16.3 Å². The summed E-state index contributed by atoms with van der Waals surface area (Å²) < 4.78 is 62.9. The third-order valence-electron chi connectivity index (χ3n) is 4.79. The van der Waals surface area contributed by atoms with Gasteiger partial charge in [-0.2, -0.15) is 18.3 Å². The number of carbonyl (C=O) groups is 1. The smallest absolute Gasteiger partial charge is 0.434 e. The van der Waals surface area contributed by atoms with Crippen molar-refractivity contribution in [1.82, 2.24) is 14.8 Å². The van der Waals surface area contributed by atoms with Gasteiger partial charge in [-0.05, 0) is 30.3 Å². The topological polar surface area (TPSA) is 109 Å². The van der Waals surface area contributed by atoms with Crippen LogP contribution in [-0.4, -0.2) is 20.7 Å². The number of amides is 1. The molecule has 7 nitrogen and oxygen atoms in total. The van der Waals surface area contributed by atoms with E-state index >= 15 is 0 Å². The van der Waals surface area contributed by atoms with E-state index in [1.165, 1.54) is 42.6 Å². The van der Waals surface area contributed by atoms with Crippen molar-refractivity contribution < 1.29 is 27.1 Å². The lowest BCUT2D eigenvalue weighted by molar-refractivity contribution is -0.143. The average Bonchev–Trinajstić information content (AvgIpc) is 3.20. The maximum Gasteiger partial charge on any atom is 0.434 e. The summed E-state index contributed by atoms with van der Waals surface area (Å²) in [5.74, 6) is -2.75. The summed E-state index contributed by atoms with van der Waals surface area (Å²) in [5, 5.41) is 3.82. The van der Waals surface area contributed by atoms with Gasteiger partial charge in [-0.3, -0.25) is 4.79 Å². The van der Waals surface area contributed by atoms with E-state index in [9.17, 15) is 22.4 Å². The predicted octanol–water partition coefficient (Wildman–Crippen LogP) is 5.87. The highest BCUT2D eigenvalue weighted by molar-refractivity contribution is 6.34. The number of para-hydroxylation sites is 1. The molecular formula is C22H13Cl2F4N5O2. The highest BCUT2D eigenvalue weighted by Crippen LogP contribution is 2.40. The fourth-order valence-corrected chi connectivity index (χ4v) is 3.65. The van der Waals surface area contributed by atoms with E-state index in [2.05, 4.69) is 10.1 Å². The van der Waals surface area contributed by atoms with Crippen LogP contribution in [0, 0.1) is 5.82 Å². The summed E-state index contributed by atoms with van der Waals surface area (Å²) in [5.41, 5.74) is 7.68. The minimum Gasteiger partial charge on any atom is -0.453 e. The molecule has 0 aliphatic heterocycles. The standard InChI is InChI=1S/C22H13Cl2F4N5O2/c23-11-3-1-2-4-13(11)33-19(22(26,27)28)16(21(30)34)18(32-33)10-5-6-14(12(25)9-10)35-15-7-8-31-20(29)17(15)24/h1-9H,(H2,29,31)(H2,30,34). The molecule has 0 aliphatic carbocycles. The number of hydrogen-bond donors (Lipinski definition) is 2. The average molecular weight is 526 g/mol. The van der Waals surface area contributed by atoms with Gasteiger partial charge in [-0.1, -0.05) is 35.3 Å². The van der Waals surface area contributed by atoms with Crippen LogP contribution in [0.1, 0.15) is 16.1 Å². The molecule has 0 saturated heterocycles. The first-order chi connectivity index (χ1) is 16.5. The maximum atomic E-state index is 14.9. The third-order valence-corrected chi connectivity index (χ3v) is 5.49. The number of pyridine rings is 1. The summed E-state index contributed by atoms with van der Waals surface area (Å²) >= 11 is 12.1. The number of hydrogen-bond acceptors (Lipinski definition) is 5. The SMILES string of the molecule is NC(=O)c1c(-c2ccc(Oc3ccnc(N)c3Cl)c(F)c2)nn(-c2ccccc2Cl)c1C(F)(F)F. The van der Waals surface area contributed by atoms with Crippen molar-refractivity contribution in [3.05, 3.63) is 81.8 Å². The second-order valence-corrected chi connectivity index (χ2v) is 7.84. The largest absolute Gasteiger partial charge is 0.453 e. The van der Waals surface area contributed by atoms with Gasteiger partial charge < -0.3 is 16.2 Å². The second kappa shape index (κ2) is 9.08. The Hall–Kier alpha value is -3.83. The molecule has 4 aromatic rings. The summed E-state index contributed by atoms with van der Waals surface area (Å²) in [7, 11) is 0. The number of benzene rings is 2. The number of nitrogens with zero attached hydrogens (tertiary/aromatic N) is 3. The molecule has 0 atom stereocenters. The fourth-order valence-electron chi connectivity index (χ4n) is 3.28. The molecule has 0 radical (unpaired) electrons. The third kappa shape index (κ3) is 4.60. The van der Waals surface area contributed by atoms with E-state index in [0.29, 0.717) is 4.68 Å². The molecule has 1 amide bonds. The number of alkyl halides is 3. The molecule has 2 heterocycles. The van der Waals surface area contributed by atoms with Gasteiger partial charge in [0.25, 0.3) is 5.91 Å². The molecular weight excluding hydrogens is 513 g/mol. The van der Waals surface area contributed by atoms with Crippen molar-refractivity contribution in [3.63, 3.8) is 0 Å². The number of nitrogens with two attached hydrogens (primary N) is 2. The first kappa shape index (κ1) is 24.3. The van der Waals surface area contributed by atoms with Crippen LogP contribution in [0.25, 0.3) is 16.9 Å². The zero-order valence-corrected chi connectivity index (χ0v) is 18.8. The van der Waals surface area contributed by atoms with Gasteiger partial charge in [0.15, 0.2) is 23.0 Å². The molecule has 0 aliphatic rings. The van der Waals surface area contributed by atoms with E-state index < -0.39 is 34.9 Å². The zero-order valence-electron chi connectivity index (χ0n) is 17.3. The summed E-state index contributed by atoms with van der Waals surface area (Å²) in [4.78, 5) is 15.9. The molecule has 0 unspecified atom stereocenters. The maximum absolute atomic E-state index is 14.9. The Labute approximate surface area is 204 Å². The predicted molar refractivity (Wildman–Crippen MR) is 121 cm³/mol. The molecule has 0 bridgehead atoms. The Balaban J connectivity index is 1.87. The molecule has 4 rings (SSSR count). The quantitative estimate of drug-likeness (QED) is 0.316. The van der Waals surface area contributed by atoms with Crippen LogP contribution in [0.15, 0.2) is 54.7 Å². The highest BCUT2D eigenvalue weighted by atomic mass is 35.5. The van der Waals surface area contributed by atoms with Gasteiger partial charge in [0.1, 0.15) is 16.5 Å². The zero-order chi connectivity index (χ0) is 25.5. The van der Waals surface area contributed by atoms with Gasteiger partial charge in [-0.15, -0.1) is 0 Å². The molecule has 2 aromatic carbocycles. The number of rotatable bonds is 5. The normalized spacial score (nSPS) is 11.5.